The van der Waals surface area contributed by atoms with Gasteiger partial charge in [0.1, 0.15) is 0 Å². The minimum absolute atomic E-state index is 0.552. The number of hydrogen-bond acceptors (Lipinski definition) is 4. The molecule has 0 aromatic carbocycles. The summed E-state index contributed by atoms with van der Waals surface area (Å²) in [6.07, 6.45) is 11.3. The molecular formula is C19H40O4Si3. The van der Waals surface area contributed by atoms with Crippen LogP contribution >= 0.6 is 0 Å². The Kier molecular flexibility index (Phi) is 7.61. The molecule has 0 bridgehead atoms. The maximum Gasteiger partial charge on any atom is 0.325 e. The number of hydrogen-bond donors (Lipinski definition) is 0. The van der Waals surface area contributed by atoms with E-state index in [-0.39, 0.29) is 0 Å². The lowest BCUT2D eigenvalue weighted by Gasteiger charge is -2.37. The number of fused-ring (bicyclic) bond motifs is 1. The van der Waals surface area contributed by atoms with Crippen LogP contribution in [-0.4, -0.2) is 45.0 Å². The van der Waals surface area contributed by atoms with E-state index in [4.69, 9.17) is 17.4 Å². The fourth-order valence-electron chi connectivity index (χ4n) is 4.93. The molecule has 0 N–H and O–H groups in total. The molecule has 152 valence electrons. The maximum atomic E-state index is 6.72. The van der Waals surface area contributed by atoms with Crippen molar-refractivity contribution in [3.63, 3.8) is 0 Å². The zero-order valence-corrected chi connectivity index (χ0v) is 20.6. The molecular weight excluding hydrogens is 376 g/mol. The van der Waals surface area contributed by atoms with Crippen LogP contribution in [0.15, 0.2) is 0 Å². The van der Waals surface area contributed by atoms with Crippen molar-refractivity contribution in [2.75, 3.05) is 6.61 Å². The second-order valence-electron chi connectivity index (χ2n) is 9.16. The molecule has 4 nitrogen and oxygen atoms in total. The minimum Gasteiger partial charge on any atom is -0.438 e. The molecule has 0 aromatic rings. The lowest BCUT2D eigenvalue weighted by atomic mass is 9.87. The average molecular weight is 417 g/mol. The first-order valence-corrected chi connectivity index (χ1v) is 18.5. The molecule has 1 aliphatic carbocycles. The lowest BCUT2D eigenvalue weighted by Crippen LogP contribution is -2.49. The number of rotatable bonds is 6. The number of epoxide rings is 1. The maximum absolute atomic E-state index is 6.72. The molecule has 26 heavy (non-hydrogen) atoms. The molecule has 2 saturated heterocycles. The molecule has 0 aromatic heterocycles. The Morgan fingerprint density at radius 2 is 1.88 bits per heavy atom. The molecule has 6 unspecified atom stereocenters. The van der Waals surface area contributed by atoms with Gasteiger partial charge in [0.2, 0.25) is 0 Å². The highest BCUT2D eigenvalue weighted by Gasteiger charge is 2.48. The fraction of sp³-hybridized carbons (Fsp3) is 1.00. The minimum atomic E-state index is -2.12. The first-order chi connectivity index (χ1) is 12.4. The third-order valence-corrected chi connectivity index (χ3v) is 18.3. The van der Waals surface area contributed by atoms with Crippen LogP contribution in [0, 0.1) is 5.92 Å². The predicted molar refractivity (Wildman–Crippen MR) is 114 cm³/mol. The van der Waals surface area contributed by atoms with Crippen LogP contribution in [0.2, 0.25) is 37.8 Å². The van der Waals surface area contributed by atoms with Gasteiger partial charge in [0.15, 0.2) is 8.32 Å². The molecule has 0 radical (unpaired) electrons. The Balaban J connectivity index is 1.55. The van der Waals surface area contributed by atoms with Gasteiger partial charge < -0.3 is 17.4 Å². The van der Waals surface area contributed by atoms with E-state index in [9.17, 15) is 0 Å². The van der Waals surface area contributed by atoms with Crippen molar-refractivity contribution in [1.82, 2.24) is 0 Å². The second kappa shape index (κ2) is 9.33. The third kappa shape index (κ3) is 5.99. The van der Waals surface area contributed by atoms with Crippen molar-refractivity contribution in [3.8, 4) is 0 Å². The van der Waals surface area contributed by atoms with Gasteiger partial charge in [-0.05, 0) is 69.4 Å². The van der Waals surface area contributed by atoms with Crippen molar-refractivity contribution in [2.24, 2.45) is 5.92 Å². The quantitative estimate of drug-likeness (QED) is 0.447. The average Bonchev–Trinajstić information content (AvgIpc) is 3.37. The molecule has 3 aliphatic rings. The van der Waals surface area contributed by atoms with Gasteiger partial charge >= 0.3 is 8.56 Å². The standard InChI is InChI=1S/C19H40O4Si3/c1-5-6-14-25(3)15-8-7-13-20-26(4,23-24(2)22-25)16-12-17-10-9-11-18-19(17)21-18/h17-19,24H,5-16H2,1-4H3. The van der Waals surface area contributed by atoms with Gasteiger partial charge in [-0.1, -0.05) is 32.6 Å². The van der Waals surface area contributed by atoms with E-state index in [1.165, 1.54) is 57.0 Å². The molecule has 3 rings (SSSR count). The zero-order chi connectivity index (χ0) is 18.6. The molecule has 1 saturated carbocycles. The van der Waals surface area contributed by atoms with E-state index in [1.807, 2.05) is 0 Å². The highest BCUT2D eigenvalue weighted by molar-refractivity contribution is 6.81. The normalized spacial score (nSPS) is 44.3. The highest BCUT2D eigenvalue weighted by Crippen LogP contribution is 2.43. The van der Waals surface area contributed by atoms with Crippen LogP contribution in [0.25, 0.3) is 0 Å². The van der Waals surface area contributed by atoms with Gasteiger partial charge in [-0.3, -0.25) is 0 Å². The van der Waals surface area contributed by atoms with Gasteiger partial charge in [0.25, 0.3) is 9.28 Å². The summed E-state index contributed by atoms with van der Waals surface area (Å²) in [7, 11) is -5.34. The summed E-state index contributed by atoms with van der Waals surface area (Å²) in [4.78, 5) is 0. The topological polar surface area (TPSA) is 40.2 Å². The predicted octanol–water partition coefficient (Wildman–Crippen LogP) is 5.09. The van der Waals surface area contributed by atoms with E-state index in [0.29, 0.717) is 12.2 Å². The summed E-state index contributed by atoms with van der Waals surface area (Å²) in [5, 5.41) is 0. The van der Waals surface area contributed by atoms with Gasteiger partial charge in [-0.2, -0.15) is 0 Å². The molecule has 6 atom stereocenters. The largest absolute Gasteiger partial charge is 0.438 e. The van der Waals surface area contributed by atoms with Crippen molar-refractivity contribution in [3.05, 3.63) is 0 Å². The first-order valence-electron chi connectivity index (χ1n) is 11.1. The van der Waals surface area contributed by atoms with Crippen molar-refractivity contribution >= 4 is 26.2 Å². The van der Waals surface area contributed by atoms with Gasteiger partial charge in [-0.25, -0.2) is 0 Å². The van der Waals surface area contributed by atoms with Gasteiger partial charge in [-0.15, -0.1) is 0 Å². The SMILES string of the molecule is CCCC[Si]1(C)CCCCO[Si](C)(CCC2CCCC3OC23)O[SiH](C)O1. The van der Waals surface area contributed by atoms with Gasteiger partial charge in [0, 0.05) is 6.61 Å². The lowest BCUT2D eigenvalue weighted by molar-refractivity contribution is 0.216. The molecule has 0 amide bonds. The summed E-state index contributed by atoms with van der Waals surface area (Å²) in [6.45, 7) is 10.2. The van der Waals surface area contributed by atoms with Crippen molar-refractivity contribution in [2.45, 2.75) is 108 Å². The van der Waals surface area contributed by atoms with E-state index >= 15 is 0 Å². The van der Waals surface area contributed by atoms with Gasteiger partial charge in [0.05, 0.1) is 12.2 Å². The number of ether oxygens (including phenoxy) is 1. The second-order valence-corrected chi connectivity index (χ2v) is 19.1. The molecule has 0 spiro atoms. The van der Waals surface area contributed by atoms with Crippen LogP contribution in [-0.2, 0) is 17.4 Å². The smallest absolute Gasteiger partial charge is 0.325 e. The Labute approximate surface area is 164 Å². The Hall–Kier alpha value is 0.491. The van der Waals surface area contributed by atoms with Crippen LogP contribution in [0.4, 0.5) is 0 Å². The third-order valence-electron chi connectivity index (χ3n) is 6.55. The Morgan fingerprint density at radius 3 is 2.69 bits per heavy atom. The summed E-state index contributed by atoms with van der Waals surface area (Å²) in [5.41, 5.74) is 0. The van der Waals surface area contributed by atoms with E-state index in [1.54, 1.807) is 0 Å². The Morgan fingerprint density at radius 1 is 1.04 bits per heavy atom. The van der Waals surface area contributed by atoms with E-state index in [2.05, 4.69) is 26.6 Å². The zero-order valence-electron chi connectivity index (χ0n) is 17.4. The summed E-state index contributed by atoms with van der Waals surface area (Å²) in [5.74, 6) is 0.739. The highest BCUT2D eigenvalue weighted by atomic mass is 28.5. The molecule has 2 aliphatic heterocycles. The van der Waals surface area contributed by atoms with Crippen LogP contribution in [0.5, 0.6) is 0 Å². The molecule has 7 heteroatoms. The van der Waals surface area contributed by atoms with E-state index < -0.39 is 26.2 Å². The monoisotopic (exact) mass is 416 g/mol. The number of unbranched alkanes of at least 4 members (excludes halogenated alkanes) is 1. The Bertz CT molecular complexity index is 455. The summed E-state index contributed by atoms with van der Waals surface area (Å²) in [6, 6.07) is 3.68. The van der Waals surface area contributed by atoms with Crippen LogP contribution in [0.3, 0.4) is 0 Å². The van der Waals surface area contributed by atoms with Crippen LogP contribution < -0.4 is 0 Å². The summed E-state index contributed by atoms with van der Waals surface area (Å²) >= 11 is 0. The molecule has 3 fully saturated rings. The first kappa shape index (κ1) is 21.2. The van der Waals surface area contributed by atoms with Crippen LogP contribution in [0.1, 0.15) is 58.3 Å². The summed E-state index contributed by atoms with van der Waals surface area (Å²) < 4.78 is 25.6. The van der Waals surface area contributed by atoms with Crippen molar-refractivity contribution in [1.29, 1.82) is 0 Å². The van der Waals surface area contributed by atoms with Crippen molar-refractivity contribution < 1.29 is 17.4 Å². The fourth-order valence-corrected chi connectivity index (χ4v) is 17.2. The molecule has 2 heterocycles. The van der Waals surface area contributed by atoms with E-state index in [0.717, 1.165) is 25.0 Å².